The topological polar surface area (TPSA) is 44.0 Å². The lowest BCUT2D eigenvalue weighted by atomic mass is 9.92. The maximum atomic E-state index is 9.74. The van der Waals surface area contributed by atoms with Crippen LogP contribution in [0.25, 0.3) is 0 Å². The minimum absolute atomic E-state index is 0.392. The molecule has 0 fully saturated rings. The van der Waals surface area contributed by atoms with Crippen molar-refractivity contribution in [3.05, 3.63) is 35.9 Å². The van der Waals surface area contributed by atoms with E-state index in [1.165, 1.54) is 0 Å². The smallest absolute Gasteiger partial charge is 0.0971 e. The monoisotopic (exact) mass is 189 g/mol. The van der Waals surface area contributed by atoms with E-state index in [1.54, 1.807) is 0 Å². The van der Waals surface area contributed by atoms with Gasteiger partial charge in [-0.15, -0.1) is 0 Å². The van der Waals surface area contributed by atoms with Gasteiger partial charge in [-0.05, 0) is 12.0 Å². The van der Waals surface area contributed by atoms with Crippen molar-refractivity contribution < 1.29 is 5.11 Å². The fourth-order valence-electron chi connectivity index (χ4n) is 1.51. The molecule has 0 aliphatic carbocycles. The summed E-state index contributed by atoms with van der Waals surface area (Å²) in [7, 11) is 0. The van der Waals surface area contributed by atoms with Crippen LogP contribution in [0.4, 0.5) is 0 Å². The van der Waals surface area contributed by atoms with E-state index in [4.69, 9.17) is 5.26 Å². The molecule has 14 heavy (non-hydrogen) atoms. The average Bonchev–Trinajstić information content (AvgIpc) is 2.21. The number of hydrogen-bond donors (Lipinski definition) is 1. The first-order chi connectivity index (χ1) is 6.79. The molecule has 1 aromatic rings. The zero-order valence-corrected chi connectivity index (χ0v) is 8.35. The van der Waals surface area contributed by atoms with Crippen molar-refractivity contribution >= 4 is 0 Å². The Morgan fingerprint density at radius 3 is 2.50 bits per heavy atom. The number of nitriles is 1. The van der Waals surface area contributed by atoms with Crippen LogP contribution < -0.4 is 0 Å². The number of hydrogen-bond acceptors (Lipinski definition) is 2. The minimum atomic E-state index is -0.549. The average molecular weight is 189 g/mol. The van der Waals surface area contributed by atoms with E-state index < -0.39 is 12.0 Å². The molecule has 0 unspecified atom stereocenters. The highest BCUT2D eigenvalue weighted by atomic mass is 16.3. The van der Waals surface area contributed by atoms with Crippen LogP contribution in [0.1, 0.15) is 31.2 Å². The van der Waals surface area contributed by atoms with Gasteiger partial charge in [-0.25, -0.2) is 0 Å². The van der Waals surface area contributed by atoms with Gasteiger partial charge >= 0.3 is 0 Å². The predicted octanol–water partition coefficient (Wildman–Crippen LogP) is 2.45. The molecule has 1 aromatic carbocycles. The summed E-state index contributed by atoms with van der Waals surface area (Å²) < 4.78 is 0. The van der Waals surface area contributed by atoms with Gasteiger partial charge in [-0.2, -0.15) is 5.26 Å². The van der Waals surface area contributed by atoms with Gasteiger partial charge < -0.3 is 5.11 Å². The van der Waals surface area contributed by atoms with Gasteiger partial charge in [0.25, 0.3) is 0 Å². The molecule has 2 nitrogen and oxygen atoms in total. The normalized spacial score (nSPS) is 14.4. The van der Waals surface area contributed by atoms with Gasteiger partial charge in [0.15, 0.2) is 0 Å². The molecule has 0 amide bonds. The summed E-state index contributed by atoms with van der Waals surface area (Å²) >= 11 is 0. The van der Waals surface area contributed by atoms with Crippen LogP contribution in [0, 0.1) is 11.3 Å². The van der Waals surface area contributed by atoms with E-state index >= 15 is 0 Å². The van der Waals surface area contributed by atoms with E-state index in [1.807, 2.05) is 37.3 Å². The molecule has 0 aliphatic rings. The second-order valence-corrected chi connectivity index (χ2v) is 3.37. The van der Waals surface area contributed by atoms with Gasteiger partial charge in [-0.3, -0.25) is 0 Å². The summed E-state index contributed by atoms with van der Waals surface area (Å²) in [5, 5.41) is 18.7. The number of aliphatic hydroxyl groups excluding tert-OH is 1. The number of nitrogens with zero attached hydrogens (tertiary/aromatic N) is 1. The van der Waals surface area contributed by atoms with Crippen LogP contribution >= 0.6 is 0 Å². The largest absolute Gasteiger partial charge is 0.391 e. The molecule has 1 rings (SSSR count). The van der Waals surface area contributed by atoms with Crippen molar-refractivity contribution in [2.45, 2.75) is 31.8 Å². The summed E-state index contributed by atoms with van der Waals surface area (Å²) in [4.78, 5) is 0. The molecule has 0 spiro atoms. The highest BCUT2D eigenvalue weighted by Gasteiger charge is 2.19. The van der Waals surface area contributed by atoms with Crippen molar-refractivity contribution in [3.8, 4) is 6.07 Å². The fraction of sp³-hybridized carbons (Fsp3) is 0.417. The van der Waals surface area contributed by atoms with Crippen molar-refractivity contribution in [1.82, 2.24) is 0 Å². The van der Waals surface area contributed by atoms with Crippen LogP contribution in [0.2, 0.25) is 0 Å². The first kappa shape index (κ1) is 10.7. The maximum absolute atomic E-state index is 9.74. The van der Waals surface area contributed by atoms with Gasteiger partial charge in [0.1, 0.15) is 0 Å². The van der Waals surface area contributed by atoms with Gasteiger partial charge in [0.05, 0.1) is 18.1 Å². The van der Waals surface area contributed by atoms with Crippen molar-refractivity contribution in [3.63, 3.8) is 0 Å². The molecule has 2 heteroatoms. The van der Waals surface area contributed by atoms with E-state index in [0.717, 1.165) is 12.0 Å². The Hall–Kier alpha value is -1.33. The number of benzene rings is 1. The Morgan fingerprint density at radius 2 is 2.00 bits per heavy atom. The highest BCUT2D eigenvalue weighted by molar-refractivity contribution is 5.26. The van der Waals surface area contributed by atoms with Gasteiger partial charge in [0, 0.05) is 0 Å². The summed E-state index contributed by atoms with van der Waals surface area (Å²) in [6, 6.07) is 11.6. The Kier molecular flexibility index (Phi) is 4.15. The predicted molar refractivity (Wildman–Crippen MR) is 55.7 cm³/mol. The molecule has 1 N–H and O–H groups in total. The first-order valence-electron chi connectivity index (χ1n) is 4.92. The van der Waals surface area contributed by atoms with Crippen LogP contribution in [0.15, 0.2) is 30.3 Å². The summed E-state index contributed by atoms with van der Waals surface area (Å²) in [5.41, 5.74) is 0.899. The quantitative estimate of drug-likeness (QED) is 0.790. The molecule has 0 saturated carbocycles. The zero-order chi connectivity index (χ0) is 10.4. The molecule has 74 valence electrons. The Labute approximate surface area is 84.8 Å². The fourth-order valence-corrected chi connectivity index (χ4v) is 1.51. The van der Waals surface area contributed by atoms with E-state index in [-0.39, 0.29) is 0 Å². The summed E-state index contributed by atoms with van der Waals surface area (Å²) in [6.45, 7) is 2.00. The summed E-state index contributed by atoms with van der Waals surface area (Å²) in [6.07, 6.45) is 1.02. The van der Waals surface area contributed by atoms with Crippen LogP contribution in [0.5, 0.6) is 0 Å². The number of rotatable bonds is 4. The van der Waals surface area contributed by atoms with E-state index in [9.17, 15) is 5.11 Å². The van der Waals surface area contributed by atoms with E-state index in [0.29, 0.717) is 6.42 Å². The van der Waals surface area contributed by atoms with Crippen molar-refractivity contribution in [2.24, 2.45) is 0 Å². The third-order valence-electron chi connectivity index (χ3n) is 2.27. The second-order valence-electron chi connectivity index (χ2n) is 3.37. The van der Waals surface area contributed by atoms with Gasteiger partial charge in [0.2, 0.25) is 0 Å². The third kappa shape index (κ3) is 2.58. The lowest BCUT2D eigenvalue weighted by Gasteiger charge is -2.15. The molecule has 0 aliphatic heterocycles. The molecule has 2 atom stereocenters. The SMILES string of the molecule is CCC[C@@H](O)[C@@H](C#N)c1ccccc1. The standard InChI is InChI=1S/C12H15NO/c1-2-6-12(14)11(9-13)10-7-4-3-5-8-10/h3-5,7-8,11-12,14H,2,6H2,1H3/t11-,12+/m0/s1. The maximum Gasteiger partial charge on any atom is 0.0971 e. The molecule has 0 aromatic heterocycles. The third-order valence-corrected chi connectivity index (χ3v) is 2.27. The lowest BCUT2D eigenvalue weighted by molar-refractivity contribution is 0.150. The van der Waals surface area contributed by atoms with Crippen molar-refractivity contribution in [1.29, 1.82) is 5.26 Å². The molecule has 0 saturated heterocycles. The highest BCUT2D eigenvalue weighted by Crippen LogP contribution is 2.21. The molecular weight excluding hydrogens is 174 g/mol. The second kappa shape index (κ2) is 5.41. The molecule has 0 bridgehead atoms. The van der Waals surface area contributed by atoms with Crippen LogP contribution in [0.3, 0.4) is 0 Å². The number of aliphatic hydroxyl groups is 1. The van der Waals surface area contributed by atoms with Gasteiger partial charge in [-0.1, -0.05) is 43.7 Å². The minimum Gasteiger partial charge on any atom is -0.391 e. The van der Waals surface area contributed by atoms with Crippen molar-refractivity contribution in [2.75, 3.05) is 0 Å². The Balaban J connectivity index is 2.78. The van der Waals surface area contributed by atoms with Crippen LogP contribution in [-0.4, -0.2) is 11.2 Å². The van der Waals surface area contributed by atoms with E-state index in [2.05, 4.69) is 6.07 Å². The Morgan fingerprint density at radius 1 is 1.36 bits per heavy atom. The summed E-state index contributed by atoms with van der Waals surface area (Å²) in [5.74, 6) is -0.392. The lowest BCUT2D eigenvalue weighted by Crippen LogP contribution is -2.16. The Bertz CT molecular complexity index is 302. The molecule has 0 heterocycles. The molecule has 0 radical (unpaired) electrons. The molecular formula is C12H15NO. The van der Waals surface area contributed by atoms with Crippen LogP contribution in [-0.2, 0) is 0 Å². The zero-order valence-electron chi connectivity index (χ0n) is 8.35. The first-order valence-corrected chi connectivity index (χ1v) is 4.92.